The van der Waals surface area contributed by atoms with Gasteiger partial charge in [-0.3, -0.25) is 9.59 Å². The molecule has 0 unspecified atom stereocenters. The lowest BCUT2D eigenvalue weighted by atomic mass is 9.92. The first-order valence-electron chi connectivity index (χ1n) is 11.0. The van der Waals surface area contributed by atoms with Gasteiger partial charge in [0, 0.05) is 38.3 Å². The van der Waals surface area contributed by atoms with E-state index in [0.29, 0.717) is 11.5 Å². The Kier molecular flexibility index (Phi) is 6.31. The van der Waals surface area contributed by atoms with Crippen molar-refractivity contribution in [1.82, 2.24) is 9.88 Å². The topological polar surface area (TPSA) is 79.5 Å². The van der Waals surface area contributed by atoms with Crippen molar-refractivity contribution in [2.75, 3.05) is 31.1 Å². The summed E-state index contributed by atoms with van der Waals surface area (Å²) in [5.41, 5.74) is 7.43. The van der Waals surface area contributed by atoms with Crippen molar-refractivity contribution in [3.8, 4) is 0 Å². The number of likely N-dealkylation sites (tertiary alicyclic amines) is 1. The molecule has 1 aromatic heterocycles. The molecule has 0 saturated carbocycles. The minimum atomic E-state index is -0.212. The highest BCUT2D eigenvalue weighted by Gasteiger charge is 2.25. The number of hydrogen-bond donors (Lipinski definition) is 1. The van der Waals surface area contributed by atoms with Gasteiger partial charge in [0.1, 0.15) is 5.82 Å². The molecule has 2 fully saturated rings. The second-order valence-corrected chi connectivity index (χ2v) is 8.40. The molecule has 0 bridgehead atoms. The maximum absolute atomic E-state index is 13.0. The minimum Gasteiger partial charge on any atom is -0.369 e. The van der Waals surface area contributed by atoms with Crippen LogP contribution < -0.4 is 10.6 Å². The Morgan fingerprint density at radius 2 is 1.67 bits per heavy atom. The summed E-state index contributed by atoms with van der Waals surface area (Å²) in [6.45, 7) is 3.10. The number of carbonyl (C=O) groups excluding carboxylic acids is 2. The fourth-order valence-corrected chi connectivity index (χ4v) is 4.63. The molecule has 6 nitrogen and oxygen atoms in total. The van der Waals surface area contributed by atoms with Gasteiger partial charge in [-0.2, -0.15) is 0 Å². The minimum absolute atomic E-state index is 0.0372. The Morgan fingerprint density at radius 3 is 2.33 bits per heavy atom. The number of nitrogens with two attached hydrogens (primary N) is 1. The third-order valence-corrected chi connectivity index (χ3v) is 6.50. The van der Waals surface area contributed by atoms with E-state index < -0.39 is 0 Å². The zero-order valence-corrected chi connectivity index (χ0v) is 17.4. The Balaban J connectivity index is 1.35. The van der Waals surface area contributed by atoms with Crippen molar-refractivity contribution in [1.29, 1.82) is 0 Å². The normalized spacial score (nSPS) is 20.6. The van der Waals surface area contributed by atoms with Gasteiger partial charge < -0.3 is 15.5 Å². The first-order chi connectivity index (χ1) is 14.6. The molecule has 0 aliphatic carbocycles. The summed E-state index contributed by atoms with van der Waals surface area (Å²) in [5.74, 6) is 1.19. The Morgan fingerprint density at radius 1 is 0.900 bits per heavy atom. The van der Waals surface area contributed by atoms with E-state index in [0.717, 1.165) is 64.1 Å². The molecule has 2 aliphatic heterocycles. The fraction of sp³-hybridized carbons (Fsp3) is 0.458. The van der Waals surface area contributed by atoms with Gasteiger partial charge in [0.05, 0.1) is 5.56 Å². The fourth-order valence-electron chi connectivity index (χ4n) is 4.63. The SMILES string of the molecule is NC(=O)C1CCN(c2ccc(C(=O)N3CCC[C@@H](c4ccccc4)CC3)cn2)CC1. The number of hydrogen-bond acceptors (Lipinski definition) is 4. The van der Waals surface area contributed by atoms with E-state index in [1.165, 1.54) is 5.56 Å². The largest absolute Gasteiger partial charge is 0.369 e. The highest BCUT2D eigenvalue weighted by molar-refractivity contribution is 5.94. The van der Waals surface area contributed by atoms with Crippen LogP contribution in [0.25, 0.3) is 0 Å². The highest BCUT2D eigenvalue weighted by Crippen LogP contribution is 2.28. The third kappa shape index (κ3) is 4.64. The van der Waals surface area contributed by atoms with Crippen molar-refractivity contribution in [3.05, 3.63) is 59.8 Å². The van der Waals surface area contributed by atoms with Crippen molar-refractivity contribution in [2.24, 2.45) is 11.7 Å². The summed E-state index contributed by atoms with van der Waals surface area (Å²) < 4.78 is 0. The van der Waals surface area contributed by atoms with E-state index in [4.69, 9.17) is 5.73 Å². The molecule has 1 aromatic carbocycles. The molecule has 2 saturated heterocycles. The predicted molar refractivity (Wildman–Crippen MR) is 117 cm³/mol. The summed E-state index contributed by atoms with van der Waals surface area (Å²) in [4.78, 5) is 33.0. The molecule has 6 heteroatoms. The molecule has 0 spiro atoms. The van der Waals surface area contributed by atoms with E-state index in [1.807, 2.05) is 23.1 Å². The van der Waals surface area contributed by atoms with Crippen LogP contribution in [0.3, 0.4) is 0 Å². The molecular weight excluding hydrogens is 376 g/mol. The number of amides is 2. The van der Waals surface area contributed by atoms with Crippen LogP contribution in [0.2, 0.25) is 0 Å². The number of anilines is 1. The Hall–Kier alpha value is -2.89. The van der Waals surface area contributed by atoms with E-state index in [2.05, 4.69) is 34.1 Å². The number of pyridine rings is 1. The average molecular weight is 407 g/mol. The molecule has 0 radical (unpaired) electrons. The Labute approximate surface area is 178 Å². The molecule has 158 valence electrons. The number of aromatic nitrogens is 1. The smallest absolute Gasteiger partial charge is 0.255 e. The first kappa shape index (κ1) is 20.4. The quantitative estimate of drug-likeness (QED) is 0.846. The monoisotopic (exact) mass is 406 g/mol. The van der Waals surface area contributed by atoms with Crippen LogP contribution >= 0.6 is 0 Å². The van der Waals surface area contributed by atoms with Gasteiger partial charge in [-0.15, -0.1) is 0 Å². The van der Waals surface area contributed by atoms with Crippen LogP contribution in [-0.4, -0.2) is 47.9 Å². The average Bonchev–Trinajstić information content (AvgIpc) is 3.06. The molecule has 2 aliphatic rings. The van der Waals surface area contributed by atoms with E-state index >= 15 is 0 Å². The van der Waals surface area contributed by atoms with Gasteiger partial charge in [-0.05, 0) is 55.7 Å². The summed E-state index contributed by atoms with van der Waals surface area (Å²) >= 11 is 0. The van der Waals surface area contributed by atoms with Gasteiger partial charge in [-0.25, -0.2) is 4.98 Å². The van der Waals surface area contributed by atoms with Crippen molar-refractivity contribution in [2.45, 2.75) is 38.0 Å². The van der Waals surface area contributed by atoms with E-state index in [1.54, 1.807) is 6.20 Å². The lowest BCUT2D eigenvalue weighted by Gasteiger charge is -2.31. The molecule has 1 atom stereocenters. The van der Waals surface area contributed by atoms with Crippen LogP contribution in [0.4, 0.5) is 5.82 Å². The molecule has 3 heterocycles. The molecule has 2 N–H and O–H groups in total. The summed E-state index contributed by atoms with van der Waals surface area (Å²) in [5, 5.41) is 0. The summed E-state index contributed by atoms with van der Waals surface area (Å²) in [6, 6.07) is 14.4. The van der Waals surface area contributed by atoms with Crippen LogP contribution in [0, 0.1) is 5.92 Å². The molecule has 30 heavy (non-hydrogen) atoms. The lowest BCUT2D eigenvalue weighted by molar-refractivity contribution is -0.122. The number of piperidine rings is 1. The predicted octanol–water partition coefficient (Wildman–Crippen LogP) is 3.19. The van der Waals surface area contributed by atoms with Crippen LogP contribution in [0.5, 0.6) is 0 Å². The van der Waals surface area contributed by atoms with Gasteiger partial charge in [-0.1, -0.05) is 30.3 Å². The second-order valence-electron chi connectivity index (χ2n) is 8.40. The lowest BCUT2D eigenvalue weighted by Crippen LogP contribution is -2.39. The highest BCUT2D eigenvalue weighted by atomic mass is 16.2. The van der Waals surface area contributed by atoms with Gasteiger partial charge in [0.15, 0.2) is 0 Å². The molecule has 4 rings (SSSR count). The van der Waals surface area contributed by atoms with Crippen molar-refractivity contribution in [3.63, 3.8) is 0 Å². The van der Waals surface area contributed by atoms with Crippen LogP contribution in [0.1, 0.15) is 53.9 Å². The molecular formula is C24H30N4O2. The maximum atomic E-state index is 13.0. The van der Waals surface area contributed by atoms with Gasteiger partial charge >= 0.3 is 0 Å². The maximum Gasteiger partial charge on any atom is 0.255 e. The van der Waals surface area contributed by atoms with Gasteiger partial charge in [0.2, 0.25) is 5.91 Å². The zero-order chi connectivity index (χ0) is 20.9. The zero-order valence-electron chi connectivity index (χ0n) is 17.4. The van der Waals surface area contributed by atoms with Crippen molar-refractivity contribution < 1.29 is 9.59 Å². The van der Waals surface area contributed by atoms with Crippen LogP contribution in [-0.2, 0) is 4.79 Å². The number of benzene rings is 1. The molecule has 2 amide bonds. The number of primary amides is 1. The standard InChI is InChI=1S/C24H30N4O2/c25-23(29)20-11-14-27(15-12-20)22-9-8-21(17-26-22)24(30)28-13-4-7-19(10-16-28)18-5-2-1-3-6-18/h1-3,5-6,8-9,17,19-20H,4,7,10-16H2,(H2,25,29)/t19-/m1/s1. The molecule has 2 aromatic rings. The number of nitrogens with zero attached hydrogens (tertiary/aromatic N) is 3. The van der Waals surface area contributed by atoms with E-state index in [9.17, 15) is 9.59 Å². The summed E-state index contributed by atoms with van der Waals surface area (Å²) in [6.07, 6.45) is 6.34. The third-order valence-electron chi connectivity index (χ3n) is 6.50. The Bertz CT molecular complexity index is 861. The van der Waals surface area contributed by atoms with Gasteiger partial charge in [0.25, 0.3) is 5.91 Å². The first-order valence-corrected chi connectivity index (χ1v) is 11.0. The number of rotatable bonds is 4. The summed E-state index contributed by atoms with van der Waals surface area (Å²) in [7, 11) is 0. The van der Waals surface area contributed by atoms with Crippen LogP contribution in [0.15, 0.2) is 48.7 Å². The van der Waals surface area contributed by atoms with E-state index in [-0.39, 0.29) is 17.7 Å². The van der Waals surface area contributed by atoms with Crippen molar-refractivity contribution >= 4 is 17.6 Å². The second kappa shape index (κ2) is 9.28. The number of carbonyl (C=O) groups is 2.